The number of carbonyl (C=O) groups is 1. The molecule has 3 N–H and O–H groups in total. The number of carbonyl (C=O) groups excluding carboxylic acids is 1. The molecule has 1 unspecified atom stereocenters. The standard InChI is InChI=1S/C11H14F2N2O/c1-7(15-5-4-11(14)16)8-2-3-9(12)10(13)6-8/h2-3,6-7,15H,4-5H2,1H3,(H2,14,16). The summed E-state index contributed by atoms with van der Waals surface area (Å²) in [6, 6.07) is 3.56. The lowest BCUT2D eigenvalue weighted by Gasteiger charge is -2.13. The molecule has 1 aromatic carbocycles. The van der Waals surface area contributed by atoms with Gasteiger partial charge in [-0.2, -0.15) is 0 Å². The van der Waals surface area contributed by atoms with Crippen LogP contribution < -0.4 is 11.1 Å². The van der Waals surface area contributed by atoms with E-state index in [1.165, 1.54) is 6.07 Å². The van der Waals surface area contributed by atoms with Crippen LogP contribution in [0.15, 0.2) is 18.2 Å². The van der Waals surface area contributed by atoms with Crippen LogP contribution in [0.4, 0.5) is 8.78 Å². The maximum absolute atomic E-state index is 12.9. The van der Waals surface area contributed by atoms with Crippen molar-refractivity contribution < 1.29 is 13.6 Å². The van der Waals surface area contributed by atoms with Gasteiger partial charge >= 0.3 is 0 Å². The van der Waals surface area contributed by atoms with Gasteiger partial charge in [-0.1, -0.05) is 6.07 Å². The molecule has 3 nitrogen and oxygen atoms in total. The third kappa shape index (κ3) is 3.58. The van der Waals surface area contributed by atoms with Gasteiger partial charge in [-0.3, -0.25) is 4.79 Å². The largest absolute Gasteiger partial charge is 0.370 e. The molecule has 1 amide bonds. The smallest absolute Gasteiger partial charge is 0.218 e. The molecular formula is C11H14F2N2O. The van der Waals surface area contributed by atoms with Crippen molar-refractivity contribution in [2.24, 2.45) is 5.73 Å². The fraction of sp³-hybridized carbons (Fsp3) is 0.364. The normalized spacial score (nSPS) is 12.4. The van der Waals surface area contributed by atoms with Crippen molar-refractivity contribution in [3.05, 3.63) is 35.4 Å². The monoisotopic (exact) mass is 228 g/mol. The van der Waals surface area contributed by atoms with Crippen LogP contribution in [0, 0.1) is 11.6 Å². The van der Waals surface area contributed by atoms with Crippen LogP contribution in [-0.2, 0) is 4.79 Å². The third-order valence-electron chi connectivity index (χ3n) is 2.27. The molecule has 1 aromatic rings. The molecule has 1 atom stereocenters. The Balaban J connectivity index is 2.55. The summed E-state index contributed by atoms with van der Waals surface area (Å²) < 4.78 is 25.6. The van der Waals surface area contributed by atoms with Crippen LogP contribution >= 0.6 is 0 Å². The Morgan fingerprint density at radius 1 is 1.44 bits per heavy atom. The number of nitrogens with one attached hydrogen (secondary N) is 1. The molecule has 0 aromatic heterocycles. The van der Waals surface area contributed by atoms with Crippen LogP contribution in [-0.4, -0.2) is 12.5 Å². The molecule has 0 saturated carbocycles. The first-order valence-corrected chi connectivity index (χ1v) is 4.97. The van der Waals surface area contributed by atoms with E-state index >= 15 is 0 Å². The Labute approximate surface area is 92.6 Å². The molecule has 88 valence electrons. The first kappa shape index (κ1) is 12.6. The predicted molar refractivity (Wildman–Crippen MR) is 56.6 cm³/mol. The Morgan fingerprint density at radius 2 is 2.12 bits per heavy atom. The summed E-state index contributed by atoms with van der Waals surface area (Å²) in [5.41, 5.74) is 5.60. The van der Waals surface area contributed by atoms with Gasteiger partial charge in [0.2, 0.25) is 5.91 Å². The first-order chi connectivity index (χ1) is 7.50. The van der Waals surface area contributed by atoms with Crippen LogP contribution in [0.25, 0.3) is 0 Å². The number of amides is 1. The molecular weight excluding hydrogens is 214 g/mol. The fourth-order valence-electron chi connectivity index (χ4n) is 1.31. The van der Waals surface area contributed by atoms with Crippen molar-refractivity contribution in [1.29, 1.82) is 0 Å². The van der Waals surface area contributed by atoms with E-state index in [0.717, 1.165) is 12.1 Å². The summed E-state index contributed by atoms with van der Waals surface area (Å²) in [7, 11) is 0. The quantitative estimate of drug-likeness (QED) is 0.802. The van der Waals surface area contributed by atoms with E-state index in [2.05, 4.69) is 5.32 Å². The maximum Gasteiger partial charge on any atom is 0.218 e. The summed E-state index contributed by atoms with van der Waals surface area (Å²) in [6.45, 7) is 2.21. The Morgan fingerprint density at radius 3 is 2.69 bits per heavy atom. The molecule has 0 fully saturated rings. The Bertz CT molecular complexity index is 382. The van der Waals surface area contributed by atoms with E-state index in [1.807, 2.05) is 0 Å². The number of halogens is 2. The van der Waals surface area contributed by atoms with Crippen LogP contribution in [0.3, 0.4) is 0 Å². The molecule has 0 aliphatic carbocycles. The SMILES string of the molecule is CC(NCCC(N)=O)c1ccc(F)c(F)c1. The molecule has 5 heteroatoms. The minimum Gasteiger partial charge on any atom is -0.370 e. The molecule has 0 aliphatic heterocycles. The number of rotatable bonds is 5. The highest BCUT2D eigenvalue weighted by Gasteiger charge is 2.08. The van der Waals surface area contributed by atoms with E-state index in [1.54, 1.807) is 6.92 Å². The predicted octanol–water partition coefficient (Wildman–Crippen LogP) is 1.49. The van der Waals surface area contributed by atoms with Gasteiger partial charge < -0.3 is 11.1 Å². The van der Waals surface area contributed by atoms with E-state index in [0.29, 0.717) is 12.1 Å². The molecule has 0 saturated heterocycles. The van der Waals surface area contributed by atoms with Crippen molar-refractivity contribution in [3.8, 4) is 0 Å². The van der Waals surface area contributed by atoms with E-state index < -0.39 is 17.5 Å². The molecule has 0 spiro atoms. The number of nitrogens with two attached hydrogens (primary N) is 1. The van der Waals surface area contributed by atoms with Crippen molar-refractivity contribution in [2.75, 3.05) is 6.54 Å². The summed E-state index contributed by atoms with van der Waals surface area (Å²) in [5.74, 6) is -2.14. The van der Waals surface area contributed by atoms with Crippen LogP contribution in [0.2, 0.25) is 0 Å². The zero-order chi connectivity index (χ0) is 12.1. The summed E-state index contributed by atoms with van der Waals surface area (Å²) in [4.78, 5) is 10.5. The van der Waals surface area contributed by atoms with Gasteiger partial charge in [0.1, 0.15) is 0 Å². The third-order valence-corrected chi connectivity index (χ3v) is 2.27. The minimum atomic E-state index is -0.874. The van der Waals surface area contributed by atoms with Crippen molar-refractivity contribution in [3.63, 3.8) is 0 Å². The van der Waals surface area contributed by atoms with E-state index in [9.17, 15) is 13.6 Å². The average molecular weight is 228 g/mol. The number of benzene rings is 1. The zero-order valence-electron chi connectivity index (χ0n) is 8.97. The summed E-state index contributed by atoms with van der Waals surface area (Å²) in [6.07, 6.45) is 0.216. The fourth-order valence-corrected chi connectivity index (χ4v) is 1.31. The van der Waals surface area contributed by atoms with Gasteiger partial charge in [-0.25, -0.2) is 8.78 Å². The van der Waals surface area contributed by atoms with Crippen molar-refractivity contribution >= 4 is 5.91 Å². The summed E-state index contributed by atoms with van der Waals surface area (Å²) in [5, 5.41) is 2.99. The Hall–Kier alpha value is -1.49. The molecule has 0 radical (unpaired) electrons. The van der Waals surface area contributed by atoms with Gasteiger partial charge in [0.25, 0.3) is 0 Å². The highest BCUT2D eigenvalue weighted by atomic mass is 19.2. The average Bonchev–Trinajstić information content (AvgIpc) is 2.21. The molecule has 0 bridgehead atoms. The van der Waals surface area contributed by atoms with Crippen molar-refractivity contribution in [1.82, 2.24) is 5.32 Å². The number of hydrogen-bond acceptors (Lipinski definition) is 2. The number of primary amides is 1. The lowest BCUT2D eigenvalue weighted by molar-refractivity contribution is -0.117. The van der Waals surface area contributed by atoms with Gasteiger partial charge in [0.15, 0.2) is 11.6 Å². The summed E-state index contributed by atoms with van der Waals surface area (Å²) >= 11 is 0. The molecule has 0 heterocycles. The first-order valence-electron chi connectivity index (χ1n) is 4.97. The van der Waals surface area contributed by atoms with Crippen molar-refractivity contribution in [2.45, 2.75) is 19.4 Å². The second-order valence-corrected chi connectivity index (χ2v) is 3.57. The lowest BCUT2D eigenvalue weighted by atomic mass is 10.1. The zero-order valence-corrected chi connectivity index (χ0v) is 8.97. The Kier molecular flexibility index (Phi) is 4.37. The van der Waals surface area contributed by atoms with E-state index in [-0.39, 0.29) is 12.5 Å². The number of hydrogen-bond donors (Lipinski definition) is 2. The second kappa shape index (κ2) is 5.55. The lowest BCUT2D eigenvalue weighted by Crippen LogP contribution is -2.24. The van der Waals surface area contributed by atoms with Gasteiger partial charge in [0.05, 0.1) is 0 Å². The van der Waals surface area contributed by atoms with Gasteiger partial charge in [-0.05, 0) is 24.6 Å². The van der Waals surface area contributed by atoms with Gasteiger partial charge in [0, 0.05) is 19.0 Å². The van der Waals surface area contributed by atoms with Crippen LogP contribution in [0.1, 0.15) is 24.9 Å². The van der Waals surface area contributed by atoms with Crippen LogP contribution in [0.5, 0.6) is 0 Å². The molecule has 1 rings (SSSR count). The topological polar surface area (TPSA) is 55.1 Å². The van der Waals surface area contributed by atoms with Gasteiger partial charge in [-0.15, -0.1) is 0 Å². The molecule has 0 aliphatic rings. The molecule has 16 heavy (non-hydrogen) atoms. The maximum atomic E-state index is 12.9. The minimum absolute atomic E-state index is 0.158. The van der Waals surface area contributed by atoms with E-state index in [4.69, 9.17) is 5.73 Å². The highest BCUT2D eigenvalue weighted by Crippen LogP contribution is 2.15. The second-order valence-electron chi connectivity index (χ2n) is 3.57. The highest BCUT2D eigenvalue weighted by molar-refractivity contribution is 5.73.